The number of halogens is 1. The van der Waals surface area contributed by atoms with Crippen LogP contribution in [0, 0.1) is 5.41 Å². The minimum Gasteiger partial charge on any atom is -0.444 e. The van der Waals surface area contributed by atoms with Gasteiger partial charge in [-0.15, -0.1) is 0 Å². The van der Waals surface area contributed by atoms with Crippen LogP contribution in [0.3, 0.4) is 0 Å². The average molecular weight is 247 g/mol. The van der Waals surface area contributed by atoms with Crippen LogP contribution < -0.4 is 5.32 Å². The van der Waals surface area contributed by atoms with Crippen molar-refractivity contribution in [3.8, 4) is 0 Å². The molecule has 0 unspecified atom stereocenters. The lowest BCUT2D eigenvalue weighted by Gasteiger charge is -2.23. The van der Waals surface area contributed by atoms with E-state index >= 15 is 0 Å². The van der Waals surface area contributed by atoms with Gasteiger partial charge in [0.15, 0.2) is 0 Å². The maximum absolute atomic E-state index is 12.3. The quantitative estimate of drug-likeness (QED) is 0.760. The first-order chi connectivity index (χ1) is 7.52. The van der Waals surface area contributed by atoms with Crippen LogP contribution in [0.4, 0.5) is 9.18 Å². The van der Waals surface area contributed by atoms with Gasteiger partial charge in [-0.25, -0.2) is 4.79 Å². The van der Waals surface area contributed by atoms with Crippen molar-refractivity contribution < 1.29 is 18.7 Å². The van der Waals surface area contributed by atoms with E-state index in [4.69, 9.17) is 4.74 Å². The van der Waals surface area contributed by atoms with Gasteiger partial charge in [0.05, 0.1) is 0 Å². The highest BCUT2D eigenvalue weighted by molar-refractivity contribution is 5.69. The van der Waals surface area contributed by atoms with Gasteiger partial charge in [0.25, 0.3) is 0 Å². The molecule has 0 fully saturated rings. The minimum absolute atomic E-state index is 0.136. The Morgan fingerprint density at radius 1 is 1.18 bits per heavy atom. The Hall–Kier alpha value is -1.13. The van der Waals surface area contributed by atoms with Crippen LogP contribution in [0.5, 0.6) is 0 Å². The highest BCUT2D eigenvalue weighted by atomic mass is 19.1. The second kappa shape index (κ2) is 5.98. The molecule has 0 saturated carbocycles. The van der Waals surface area contributed by atoms with Crippen molar-refractivity contribution in [1.82, 2.24) is 5.32 Å². The number of carbonyl (C=O) groups is 2. The van der Waals surface area contributed by atoms with E-state index in [9.17, 15) is 14.0 Å². The number of nitrogens with one attached hydrogen (secondary N) is 1. The molecule has 0 aliphatic rings. The molecule has 1 N–H and O–H groups in total. The Bertz CT molecular complexity index is 282. The summed E-state index contributed by atoms with van der Waals surface area (Å²) in [6.07, 6.45) is -0.120. The molecule has 0 atom stereocenters. The molecule has 0 heterocycles. The Labute approximate surface area is 102 Å². The number of alkyl carbamates (subject to hydrolysis) is 1. The van der Waals surface area contributed by atoms with Crippen LogP contribution in [0.2, 0.25) is 0 Å². The van der Waals surface area contributed by atoms with Crippen molar-refractivity contribution in [3.05, 3.63) is 0 Å². The molecule has 0 spiro atoms. The lowest BCUT2D eigenvalue weighted by atomic mass is 9.86. The molecule has 1 amide bonds. The third-order valence-corrected chi connectivity index (χ3v) is 2.09. The maximum Gasteiger partial charge on any atom is 0.407 e. The van der Waals surface area contributed by atoms with Gasteiger partial charge in [0.2, 0.25) is 0 Å². The topological polar surface area (TPSA) is 55.4 Å². The lowest BCUT2D eigenvalue weighted by molar-refractivity contribution is -0.131. The molecule has 0 rings (SSSR count). The van der Waals surface area contributed by atoms with Gasteiger partial charge in [-0.2, -0.15) is 4.39 Å². The van der Waals surface area contributed by atoms with Gasteiger partial charge in [-0.05, 0) is 32.6 Å². The first-order valence-electron chi connectivity index (χ1n) is 5.67. The van der Waals surface area contributed by atoms with Crippen LogP contribution in [0.1, 0.15) is 47.5 Å². The fourth-order valence-corrected chi connectivity index (χ4v) is 1.28. The number of rotatable bonds is 5. The summed E-state index contributed by atoms with van der Waals surface area (Å²) >= 11 is 0. The van der Waals surface area contributed by atoms with Crippen LogP contribution >= 0.6 is 0 Å². The summed E-state index contributed by atoms with van der Waals surface area (Å²) in [6, 6.07) is -1.33. The SMILES string of the molecule is CC(C)(CCNC(=O)OC(C)(C)C)CC(=O)F. The van der Waals surface area contributed by atoms with Gasteiger partial charge in [-0.1, -0.05) is 13.8 Å². The Kier molecular flexibility index (Phi) is 5.58. The highest BCUT2D eigenvalue weighted by Crippen LogP contribution is 2.24. The van der Waals surface area contributed by atoms with Gasteiger partial charge in [0, 0.05) is 13.0 Å². The molecule has 0 saturated heterocycles. The van der Waals surface area contributed by atoms with E-state index in [0.29, 0.717) is 13.0 Å². The largest absolute Gasteiger partial charge is 0.444 e. The van der Waals surface area contributed by atoms with Crippen molar-refractivity contribution in [2.75, 3.05) is 6.54 Å². The summed E-state index contributed by atoms with van der Waals surface area (Å²) in [4.78, 5) is 21.7. The summed E-state index contributed by atoms with van der Waals surface area (Å²) in [5.74, 6) is 0. The molecule has 100 valence electrons. The van der Waals surface area contributed by atoms with E-state index in [1.807, 2.05) is 0 Å². The zero-order valence-electron chi connectivity index (χ0n) is 11.2. The lowest BCUT2D eigenvalue weighted by Crippen LogP contribution is -2.34. The molecule has 0 bridgehead atoms. The highest BCUT2D eigenvalue weighted by Gasteiger charge is 2.22. The van der Waals surface area contributed by atoms with E-state index in [1.165, 1.54) is 0 Å². The van der Waals surface area contributed by atoms with Crippen molar-refractivity contribution in [1.29, 1.82) is 0 Å². The smallest absolute Gasteiger partial charge is 0.407 e. The second-order valence-electron chi connectivity index (χ2n) is 5.87. The maximum atomic E-state index is 12.3. The fraction of sp³-hybridized carbons (Fsp3) is 0.833. The van der Waals surface area contributed by atoms with E-state index in [-0.39, 0.29) is 6.42 Å². The Balaban J connectivity index is 3.91. The summed E-state index contributed by atoms with van der Waals surface area (Å²) in [5.41, 5.74) is -0.991. The summed E-state index contributed by atoms with van der Waals surface area (Å²) < 4.78 is 17.3. The summed E-state index contributed by atoms with van der Waals surface area (Å²) in [7, 11) is 0. The van der Waals surface area contributed by atoms with Gasteiger partial charge in [-0.3, -0.25) is 4.79 Å². The molecule has 4 nitrogen and oxygen atoms in total. The number of hydrogen-bond acceptors (Lipinski definition) is 3. The molecule has 0 aromatic carbocycles. The van der Waals surface area contributed by atoms with Crippen LogP contribution in [-0.4, -0.2) is 24.3 Å². The van der Waals surface area contributed by atoms with Crippen molar-refractivity contribution in [2.45, 2.75) is 53.1 Å². The zero-order valence-corrected chi connectivity index (χ0v) is 11.2. The normalized spacial score (nSPS) is 12.1. The summed E-state index contributed by atoms with van der Waals surface area (Å²) in [6.45, 7) is 9.24. The number of carbonyl (C=O) groups excluding carboxylic acids is 2. The zero-order chi connectivity index (χ0) is 13.7. The minimum atomic E-state index is -1.33. The fourth-order valence-electron chi connectivity index (χ4n) is 1.28. The molecular formula is C12H22FNO3. The molecule has 0 aromatic heterocycles. The van der Waals surface area contributed by atoms with E-state index in [0.717, 1.165) is 0 Å². The predicted octanol–water partition coefficient (Wildman–Crippen LogP) is 2.81. The van der Waals surface area contributed by atoms with E-state index < -0.39 is 23.1 Å². The van der Waals surface area contributed by atoms with Crippen LogP contribution in [-0.2, 0) is 9.53 Å². The molecule has 0 aliphatic carbocycles. The summed E-state index contributed by atoms with van der Waals surface area (Å²) in [5, 5.41) is 2.57. The standard InChI is InChI=1S/C12H22FNO3/c1-11(2,3)17-10(16)14-7-6-12(4,5)8-9(13)15/h6-8H2,1-5H3,(H,14,16). The molecular weight excluding hydrogens is 225 g/mol. The third-order valence-electron chi connectivity index (χ3n) is 2.09. The first-order valence-corrected chi connectivity index (χ1v) is 5.67. The average Bonchev–Trinajstić information content (AvgIpc) is 1.95. The van der Waals surface area contributed by atoms with Crippen LogP contribution in [0.25, 0.3) is 0 Å². The van der Waals surface area contributed by atoms with Crippen molar-refractivity contribution >= 4 is 12.1 Å². The van der Waals surface area contributed by atoms with Crippen molar-refractivity contribution in [3.63, 3.8) is 0 Å². The number of amides is 1. The molecule has 5 heteroatoms. The molecule has 17 heavy (non-hydrogen) atoms. The molecule has 0 aromatic rings. The van der Waals surface area contributed by atoms with E-state index in [1.54, 1.807) is 34.6 Å². The molecule has 0 aliphatic heterocycles. The number of ether oxygens (including phenoxy) is 1. The van der Waals surface area contributed by atoms with Crippen LogP contribution in [0.15, 0.2) is 0 Å². The van der Waals surface area contributed by atoms with Gasteiger partial charge < -0.3 is 10.1 Å². The Morgan fingerprint density at radius 2 is 1.71 bits per heavy atom. The van der Waals surface area contributed by atoms with E-state index in [2.05, 4.69) is 5.32 Å². The second-order valence-corrected chi connectivity index (χ2v) is 5.87. The predicted molar refractivity (Wildman–Crippen MR) is 63.4 cm³/mol. The third kappa shape index (κ3) is 9.78. The Morgan fingerprint density at radius 3 is 2.12 bits per heavy atom. The monoisotopic (exact) mass is 247 g/mol. The van der Waals surface area contributed by atoms with Gasteiger partial charge in [0.1, 0.15) is 5.60 Å². The molecule has 0 radical (unpaired) electrons. The first kappa shape index (κ1) is 15.9. The van der Waals surface area contributed by atoms with Gasteiger partial charge >= 0.3 is 12.1 Å². The van der Waals surface area contributed by atoms with Crippen molar-refractivity contribution in [2.24, 2.45) is 5.41 Å². The number of hydrogen-bond donors (Lipinski definition) is 1.